The molecule has 0 spiro atoms. The highest BCUT2D eigenvalue weighted by Crippen LogP contribution is 2.28. The third kappa shape index (κ3) is 3.74. The molecule has 0 radical (unpaired) electrons. The average molecular weight is 360 g/mol. The Morgan fingerprint density at radius 2 is 1.92 bits per heavy atom. The van der Waals surface area contributed by atoms with Crippen molar-refractivity contribution >= 4 is 17.4 Å². The fourth-order valence-corrected chi connectivity index (χ4v) is 2.66. The van der Waals surface area contributed by atoms with Crippen molar-refractivity contribution in [1.82, 2.24) is 4.98 Å². The molecule has 1 N–H and O–H groups in total. The number of hydrogen-bond acceptors (Lipinski definition) is 6. The van der Waals surface area contributed by atoms with E-state index in [1.807, 2.05) is 0 Å². The summed E-state index contributed by atoms with van der Waals surface area (Å²) in [6, 6.07) is 5.83. The number of aryl methyl sites for hydroxylation is 1. The third-order valence-electron chi connectivity index (χ3n) is 3.90. The number of nitrogens with one attached hydrogen (secondary N) is 1. The van der Waals surface area contributed by atoms with E-state index in [0.717, 1.165) is 0 Å². The van der Waals surface area contributed by atoms with Crippen molar-refractivity contribution in [3.05, 3.63) is 56.9 Å². The minimum Gasteiger partial charge on any atom is -0.475 e. The molecular weight excluding hydrogens is 340 g/mol. The Kier molecular flexibility index (Phi) is 5.76. The molecule has 1 heterocycles. The standard InChI is InChI=1S/C18H20N2O6/c1-5-25-18(22)15-10(2)16(19-11(15)3)17(21)12(4)26-14-9-7-6-8-13(14)20(23)24/h6-9,12,19H,5H2,1-4H3. The van der Waals surface area contributed by atoms with Crippen LogP contribution in [-0.2, 0) is 4.74 Å². The molecule has 0 fully saturated rings. The largest absolute Gasteiger partial charge is 0.475 e. The Bertz CT molecular complexity index is 855. The number of carbonyl (C=O) groups is 2. The van der Waals surface area contributed by atoms with Crippen molar-refractivity contribution in [2.75, 3.05) is 6.61 Å². The molecular formula is C18H20N2O6. The topological polar surface area (TPSA) is 112 Å². The molecule has 138 valence electrons. The Hall–Kier alpha value is -3.16. The molecule has 0 saturated heterocycles. The molecule has 1 aromatic carbocycles. The predicted molar refractivity (Wildman–Crippen MR) is 93.7 cm³/mol. The van der Waals surface area contributed by atoms with E-state index in [1.54, 1.807) is 26.8 Å². The molecule has 1 atom stereocenters. The van der Waals surface area contributed by atoms with Gasteiger partial charge in [-0.15, -0.1) is 0 Å². The fourth-order valence-electron chi connectivity index (χ4n) is 2.66. The van der Waals surface area contributed by atoms with E-state index in [-0.39, 0.29) is 23.7 Å². The number of aromatic nitrogens is 1. The summed E-state index contributed by atoms with van der Waals surface area (Å²) in [6.45, 7) is 6.73. The molecule has 26 heavy (non-hydrogen) atoms. The molecule has 0 amide bonds. The van der Waals surface area contributed by atoms with Gasteiger partial charge < -0.3 is 14.5 Å². The van der Waals surface area contributed by atoms with Crippen molar-refractivity contribution in [1.29, 1.82) is 0 Å². The lowest BCUT2D eigenvalue weighted by molar-refractivity contribution is -0.386. The predicted octanol–water partition coefficient (Wildman–Crippen LogP) is 3.37. The molecule has 1 aromatic heterocycles. The third-order valence-corrected chi connectivity index (χ3v) is 3.90. The van der Waals surface area contributed by atoms with Crippen LogP contribution in [0.1, 0.15) is 46.0 Å². The monoisotopic (exact) mass is 360 g/mol. The number of nitrogens with zero attached hydrogens (tertiary/aromatic N) is 1. The molecule has 8 nitrogen and oxygen atoms in total. The van der Waals surface area contributed by atoms with Gasteiger partial charge in [0, 0.05) is 11.8 Å². The number of ether oxygens (including phenoxy) is 2. The van der Waals surface area contributed by atoms with E-state index in [9.17, 15) is 19.7 Å². The quantitative estimate of drug-likeness (QED) is 0.351. The summed E-state index contributed by atoms with van der Waals surface area (Å²) >= 11 is 0. The summed E-state index contributed by atoms with van der Waals surface area (Å²) < 4.78 is 10.5. The Labute approximate surface area is 150 Å². The maximum Gasteiger partial charge on any atom is 0.340 e. The van der Waals surface area contributed by atoms with E-state index >= 15 is 0 Å². The molecule has 0 aliphatic rings. The summed E-state index contributed by atoms with van der Waals surface area (Å²) in [5, 5.41) is 11.1. The van der Waals surface area contributed by atoms with Gasteiger partial charge in [0.05, 0.1) is 22.8 Å². The maximum absolute atomic E-state index is 12.7. The first kappa shape index (κ1) is 19.2. The highest BCUT2D eigenvalue weighted by atomic mass is 16.6. The number of nitro groups is 1. The highest BCUT2D eigenvalue weighted by molar-refractivity contribution is 6.03. The van der Waals surface area contributed by atoms with Gasteiger partial charge in [0.15, 0.2) is 11.9 Å². The van der Waals surface area contributed by atoms with Crippen LogP contribution in [0.2, 0.25) is 0 Å². The molecule has 0 bridgehead atoms. The van der Waals surface area contributed by atoms with Crippen LogP contribution in [-0.4, -0.2) is 34.4 Å². The number of ketones is 1. The number of hydrogen-bond donors (Lipinski definition) is 1. The molecule has 2 rings (SSSR count). The highest BCUT2D eigenvalue weighted by Gasteiger charge is 2.28. The number of esters is 1. The van der Waals surface area contributed by atoms with Gasteiger partial charge in [0.1, 0.15) is 0 Å². The SMILES string of the molecule is CCOC(=O)c1c(C)[nH]c(C(=O)C(C)Oc2ccccc2[N+](=O)[O-])c1C. The normalized spacial score (nSPS) is 11.7. The number of benzene rings is 1. The number of rotatable bonds is 7. The summed E-state index contributed by atoms with van der Waals surface area (Å²) in [7, 11) is 0. The van der Waals surface area contributed by atoms with Gasteiger partial charge in [0.25, 0.3) is 0 Å². The van der Waals surface area contributed by atoms with Crippen LogP contribution < -0.4 is 4.74 Å². The lowest BCUT2D eigenvalue weighted by Gasteiger charge is -2.13. The van der Waals surface area contributed by atoms with E-state index in [2.05, 4.69) is 4.98 Å². The smallest absolute Gasteiger partial charge is 0.340 e. The minimum atomic E-state index is -0.983. The number of carbonyl (C=O) groups excluding carboxylic acids is 2. The molecule has 1 unspecified atom stereocenters. The molecule has 0 aliphatic heterocycles. The molecule has 8 heteroatoms. The summed E-state index contributed by atoms with van der Waals surface area (Å²) in [6.07, 6.45) is -0.983. The number of aromatic amines is 1. The van der Waals surface area contributed by atoms with Gasteiger partial charge in [0.2, 0.25) is 5.78 Å². The van der Waals surface area contributed by atoms with Gasteiger partial charge in [-0.1, -0.05) is 12.1 Å². The Morgan fingerprint density at radius 3 is 2.54 bits per heavy atom. The number of para-hydroxylation sites is 2. The van der Waals surface area contributed by atoms with E-state index < -0.39 is 22.8 Å². The Balaban J connectivity index is 2.28. The second kappa shape index (κ2) is 7.81. The van der Waals surface area contributed by atoms with E-state index in [1.165, 1.54) is 25.1 Å². The van der Waals surface area contributed by atoms with Gasteiger partial charge in [-0.3, -0.25) is 14.9 Å². The van der Waals surface area contributed by atoms with Gasteiger partial charge in [-0.2, -0.15) is 0 Å². The zero-order valence-electron chi connectivity index (χ0n) is 15.0. The second-order valence-electron chi connectivity index (χ2n) is 5.69. The van der Waals surface area contributed by atoms with E-state index in [4.69, 9.17) is 9.47 Å². The lowest BCUT2D eigenvalue weighted by Crippen LogP contribution is -2.25. The minimum absolute atomic E-state index is 0.00453. The van der Waals surface area contributed by atoms with Crippen molar-refractivity contribution in [2.24, 2.45) is 0 Å². The van der Waals surface area contributed by atoms with Crippen LogP contribution in [0.3, 0.4) is 0 Å². The van der Waals surface area contributed by atoms with Gasteiger partial charge in [-0.05, 0) is 39.3 Å². The van der Waals surface area contributed by atoms with Crippen LogP contribution in [0.25, 0.3) is 0 Å². The molecule has 2 aromatic rings. The first-order chi connectivity index (χ1) is 12.3. The number of H-pyrrole nitrogens is 1. The average Bonchev–Trinajstić information content (AvgIpc) is 2.89. The van der Waals surface area contributed by atoms with Crippen LogP contribution in [0.4, 0.5) is 5.69 Å². The van der Waals surface area contributed by atoms with Gasteiger partial charge in [-0.25, -0.2) is 4.79 Å². The number of Topliss-reactive ketones (excluding diaryl/α,β-unsaturated/α-hetero) is 1. The van der Waals surface area contributed by atoms with Crippen molar-refractivity contribution in [3.8, 4) is 5.75 Å². The van der Waals surface area contributed by atoms with Crippen molar-refractivity contribution in [3.63, 3.8) is 0 Å². The first-order valence-corrected chi connectivity index (χ1v) is 8.08. The van der Waals surface area contributed by atoms with Crippen LogP contribution in [0.15, 0.2) is 24.3 Å². The maximum atomic E-state index is 12.7. The lowest BCUT2D eigenvalue weighted by atomic mass is 10.1. The Morgan fingerprint density at radius 1 is 1.27 bits per heavy atom. The second-order valence-corrected chi connectivity index (χ2v) is 5.69. The molecule has 0 saturated carbocycles. The first-order valence-electron chi connectivity index (χ1n) is 8.08. The summed E-state index contributed by atoms with van der Waals surface area (Å²) in [4.78, 5) is 38.1. The van der Waals surface area contributed by atoms with Crippen LogP contribution in [0, 0.1) is 24.0 Å². The van der Waals surface area contributed by atoms with Crippen LogP contribution >= 0.6 is 0 Å². The molecule has 0 aliphatic carbocycles. The van der Waals surface area contributed by atoms with Crippen molar-refractivity contribution in [2.45, 2.75) is 33.8 Å². The summed E-state index contributed by atoms with van der Waals surface area (Å²) in [5.41, 5.74) is 1.29. The zero-order valence-corrected chi connectivity index (χ0v) is 15.0. The van der Waals surface area contributed by atoms with Crippen LogP contribution in [0.5, 0.6) is 5.75 Å². The van der Waals surface area contributed by atoms with Gasteiger partial charge >= 0.3 is 11.7 Å². The number of nitro benzene ring substituents is 1. The van der Waals surface area contributed by atoms with Crippen molar-refractivity contribution < 1.29 is 24.0 Å². The zero-order chi connectivity index (χ0) is 19.4. The fraction of sp³-hybridized carbons (Fsp3) is 0.333. The van der Waals surface area contributed by atoms with E-state index in [0.29, 0.717) is 16.8 Å². The summed E-state index contributed by atoms with van der Waals surface area (Å²) in [5.74, 6) is -0.922.